The molecule has 0 saturated carbocycles. The minimum Gasteiger partial charge on any atom is -0.480 e. The number of H-pyrrole nitrogens is 1. The molecular formula is C39H59N11O8. The molecule has 6 unspecified atom stereocenters. The van der Waals surface area contributed by atoms with E-state index in [1.54, 1.807) is 20.0 Å². The van der Waals surface area contributed by atoms with Gasteiger partial charge in [0.2, 0.25) is 35.4 Å². The summed E-state index contributed by atoms with van der Waals surface area (Å²) < 4.78 is 0. The Labute approximate surface area is 337 Å². The van der Waals surface area contributed by atoms with Crippen molar-refractivity contribution >= 4 is 58.3 Å². The van der Waals surface area contributed by atoms with Gasteiger partial charge in [0.1, 0.15) is 36.3 Å². The lowest BCUT2D eigenvalue weighted by Gasteiger charge is -2.31. The van der Waals surface area contributed by atoms with Crippen LogP contribution in [0.15, 0.2) is 35.5 Å². The second kappa shape index (κ2) is 21.7. The standard InChI is InChI=1S/C39H59N11O8/c1-22(2)19-30(38(57)58)49-34(53)27-14-15-32(51)45-26(12-7-17-43-39(41)42)33(52)47-28(11-5-6-16-40)37(56)50-18-8-13-31(50)36(55)48-29(35(54)46-27)20-23-21-44-25-10-4-3-9-24(23)25/h3-4,9-10,21-22,26-31,44H,5-8,11-20,40H2,1-2H3,(H,45,51)(H,46,54)(H,47,52)(H,48,55)(H,49,53)(H,57,58)(H4,41,42,43). The van der Waals surface area contributed by atoms with Gasteiger partial charge in [0, 0.05) is 43.0 Å². The second-order valence-corrected chi connectivity index (χ2v) is 15.4. The van der Waals surface area contributed by atoms with Crippen molar-refractivity contribution < 1.29 is 38.7 Å². The number of nitrogens with one attached hydrogen (secondary N) is 6. The number of para-hydroxylation sites is 1. The summed E-state index contributed by atoms with van der Waals surface area (Å²) in [6.45, 7) is 4.33. The molecule has 6 amide bonds. The molecule has 3 heterocycles. The Morgan fingerprint density at radius 2 is 1.62 bits per heavy atom. The number of aromatic nitrogens is 1. The number of nitrogens with two attached hydrogens (primary N) is 3. The number of hydrogen-bond donors (Lipinski definition) is 10. The van der Waals surface area contributed by atoms with E-state index in [9.17, 15) is 38.7 Å². The molecule has 19 heteroatoms. The lowest BCUT2D eigenvalue weighted by molar-refractivity contribution is -0.143. The van der Waals surface area contributed by atoms with Crippen molar-refractivity contribution in [1.29, 1.82) is 0 Å². The number of unbranched alkanes of at least 4 members (excludes halogenated alkanes) is 1. The number of aliphatic carboxylic acids is 1. The molecule has 0 aliphatic carbocycles. The van der Waals surface area contributed by atoms with Crippen molar-refractivity contribution in [3.05, 3.63) is 36.0 Å². The maximum absolute atomic E-state index is 14.3. The molecule has 1 aromatic heterocycles. The Balaban J connectivity index is 1.74. The number of aromatic amines is 1. The van der Waals surface area contributed by atoms with Crippen LogP contribution in [0, 0.1) is 5.92 Å². The predicted octanol–water partition coefficient (Wildman–Crippen LogP) is -0.768. The van der Waals surface area contributed by atoms with Gasteiger partial charge in [-0.3, -0.25) is 33.8 Å². The van der Waals surface area contributed by atoms with Gasteiger partial charge in [-0.05, 0) is 81.9 Å². The number of carboxylic acid groups (broad SMARTS) is 1. The van der Waals surface area contributed by atoms with Crippen LogP contribution in [0.2, 0.25) is 0 Å². The van der Waals surface area contributed by atoms with E-state index in [-0.39, 0.29) is 69.9 Å². The van der Waals surface area contributed by atoms with E-state index in [2.05, 4.69) is 36.6 Å². The summed E-state index contributed by atoms with van der Waals surface area (Å²) in [5.74, 6) is -5.50. The van der Waals surface area contributed by atoms with Gasteiger partial charge >= 0.3 is 5.97 Å². The number of carboxylic acids is 1. The van der Waals surface area contributed by atoms with E-state index < -0.39 is 77.7 Å². The van der Waals surface area contributed by atoms with Gasteiger partial charge in [0.15, 0.2) is 5.96 Å². The molecule has 2 saturated heterocycles. The number of aliphatic imine (C=N–C) groups is 1. The van der Waals surface area contributed by atoms with Crippen LogP contribution >= 0.6 is 0 Å². The summed E-state index contributed by atoms with van der Waals surface area (Å²) in [7, 11) is 0. The van der Waals surface area contributed by atoms with Gasteiger partial charge in [-0.25, -0.2) is 4.79 Å². The lowest BCUT2D eigenvalue weighted by atomic mass is 10.0. The van der Waals surface area contributed by atoms with Crippen molar-refractivity contribution in [2.45, 2.75) is 121 Å². The summed E-state index contributed by atoms with van der Waals surface area (Å²) in [5.41, 5.74) is 18.2. The summed E-state index contributed by atoms with van der Waals surface area (Å²) in [4.78, 5) is 105. The highest BCUT2D eigenvalue weighted by molar-refractivity contribution is 5.98. The van der Waals surface area contributed by atoms with Crippen molar-refractivity contribution in [3.63, 3.8) is 0 Å². The van der Waals surface area contributed by atoms with Gasteiger partial charge in [0.25, 0.3) is 0 Å². The third-order valence-corrected chi connectivity index (χ3v) is 10.3. The van der Waals surface area contributed by atoms with Gasteiger partial charge in [0.05, 0.1) is 0 Å². The zero-order chi connectivity index (χ0) is 42.4. The number of fused-ring (bicyclic) bond motifs is 2. The Morgan fingerprint density at radius 1 is 0.914 bits per heavy atom. The molecule has 0 bridgehead atoms. The number of carbonyl (C=O) groups excluding carboxylic acids is 6. The smallest absolute Gasteiger partial charge is 0.326 e. The summed E-state index contributed by atoms with van der Waals surface area (Å²) in [5, 5.41) is 24.2. The maximum atomic E-state index is 14.3. The molecule has 318 valence electrons. The minimum atomic E-state index is -1.42. The third-order valence-electron chi connectivity index (χ3n) is 10.3. The molecule has 2 fully saturated rings. The quantitative estimate of drug-likeness (QED) is 0.0605. The van der Waals surface area contributed by atoms with Crippen molar-refractivity contribution in [1.82, 2.24) is 36.5 Å². The molecule has 19 nitrogen and oxygen atoms in total. The fourth-order valence-electron chi connectivity index (χ4n) is 7.34. The number of benzene rings is 1. The van der Waals surface area contributed by atoms with Crippen molar-refractivity contribution in [2.24, 2.45) is 28.1 Å². The molecule has 13 N–H and O–H groups in total. The maximum Gasteiger partial charge on any atom is 0.326 e. The Hall–Kier alpha value is -5.72. The van der Waals surface area contributed by atoms with E-state index >= 15 is 0 Å². The van der Waals surface area contributed by atoms with Crippen LogP contribution in [-0.4, -0.2) is 118 Å². The Morgan fingerprint density at radius 3 is 2.33 bits per heavy atom. The van der Waals surface area contributed by atoms with E-state index in [0.29, 0.717) is 37.8 Å². The first-order valence-electron chi connectivity index (χ1n) is 20.0. The van der Waals surface area contributed by atoms with Crippen LogP contribution in [0.4, 0.5) is 0 Å². The first kappa shape index (κ1) is 45.0. The summed E-state index contributed by atoms with van der Waals surface area (Å²) in [6, 6.07) is 0.265. The average molecular weight is 810 g/mol. The molecule has 58 heavy (non-hydrogen) atoms. The third kappa shape index (κ3) is 12.9. The van der Waals surface area contributed by atoms with Crippen molar-refractivity contribution in [2.75, 3.05) is 19.6 Å². The normalized spacial score (nSPS) is 22.9. The van der Waals surface area contributed by atoms with Crippen LogP contribution in [0.3, 0.4) is 0 Å². The van der Waals surface area contributed by atoms with Gasteiger partial charge in [-0.2, -0.15) is 0 Å². The fraction of sp³-hybridized carbons (Fsp3) is 0.590. The zero-order valence-electron chi connectivity index (χ0n) is 33.3. The number of hydrogen-bond acceptors (Lipinski definition) is 9. The molecule has 4 rings (SSSR count). The van der Waals surface area contributed by atoms with E-state index in [0.717, 1.165) is 10.9 Å². The van der Waals surface area contributed by atoms with Crippen molar-refractivity contribution in [3.8, 4) is 0 Å². The predicted molar refractivity (Wildman–Crippen MR) is 216 cm³/mol. The molecule has 2 aromatic rings. The van der Waals surface area contributed by atoms with E-state index in [1.165, 1.54) is 4.90 Å². The molecule has 2 aliphatic heterocycles. The molecule has 1 aromatic carbocycles. The molecule has 0 radical (unpaired) electrons. The lowest BCUT2D eigenvalue weighted by Crippen LogP contribution is -2.59. The summed E-state index contributed by atoms with van der Waals surface area (Å²) in [6.07, 6.45) is 3.58. The molecular weight excluding hydrogens is 750 g/mol. The number of rotatable bonds is 15. The Kier molecular flexibility index (Phi) is 16.8. The first-order chi connectivity index (χ1) is 27.7. The highest BCUT2D eigenvalue weighted by Gasteiger charge is 2.40. The van der Waals surface area contributed by atoms with Crippen LogP contribution in [-0.2, 0) is 40.0 Å². The SMILES string of the molecule is CC(C)CC(NC(=O)C1CCC(=O)NC(CCCN=C(N)N)C(=O)NC(CCCCN)C(=O)N2CCCC2C(=O)NC(Cc2c[nH]c3ccccc23)C(=O)N1)C(=O)O. The van der Waals surface area contributed by atoms with Crippen LogP contribution in [0.1, 0.15) is 83.6 Å². The molecule has 2 aliphatic rings. The largest absolute Gasteiger partial charge is 0.480 e. The number of nitrogens with zero attached hydrogens (tertiary/aromatic N) is 2. The fourth-order valence-corrected chi connectivity index (χ4v) is 7.34. The number of amides is 6. The molecule has 0 spiro atoms. The van der Waals surface area contributed by atoms with Crippen LogP contribution in [0.25, 0.3) is 10.9 Å². The highest BCUT2D eigenvalue weighted by atomic mass is 16.4. The highest BCUT2D eigenvalue weighted by Crippen LogP contribution is 2.23. The monoisotopic (exact) mass is 809 g/mol. The molecule has 6 atom stereocenters. The summed E-state index contributed by atoms with van der Waals surface area (Å²) >= 11 is 0. The average Bonchev–Trinajstić information content (AvgIpc) is 3.83. The van der Waals surface area contributed by atoms with Gasteiger partial charge < -0.3 is 58.8 Å². The number of guanidine groups is 1. The number of carbonyl (C=O) groups is 7. The van der Waals surface area contributed by atoms with Gasteiger partial charge in [-0.15, -0.1) is 0 Å². The van der Waals surface area contributed by atoms with Gasteiger partial charge in [-0.1, -0.05) is 32.0 Å². The zero-order valence-corrected chi connectivity index (χ0v) is 33.3. The first-order valence-corrected chi connectivity index (χ1v) is 20.0. The van der Waals surface area contributed by atoms with E-state index in [1.807, 2.05) is 24.3 Å². The second-order valence-electron chi connectivity index (χ2n) is 15.4. The van der Waals surface area contributed by atoms with Crippen LogP contribution in [0.5, 0.6) is 0 Å². The minimum absolute atomic E-state index is 0.0124. The topological polar surface area (TPSA) is 309 Å². The van der Waals surface area contributed by atoms with E-state index in [4.69, 9.17) is 17.2 Å². The van der Waals surface area contributed by atoms with Crippen LogP contribution < -0.4 is 43.8 Å². The Bertz CT molecular complexity index is 1810.